The summed E-state index contributed by atoms with van der Waals surface area (Å²) in [6.07, 6.45) is 10.2. The molecular weight excluding hydrogens is 803 g/mol. The molecule has 1 aliphatic carbocycles. The van der Waals surface area contributed by atoms with Crippen LogP contribution in [0.25, 0.3) is 5.65 Å². The molecule has 0 bridgehead atoms. The van der Waals surface area contributed by atoms with Gasteiger partial charge in [-0.05, 0) is 107 Å². The smallest absolute Gasteiger partial charge is 0.328 e. The van der Waals surface area contributed by atoms with E-state index in [9.17, 15) is 28.0 Å². The first-order chi connectivity index (χ1) is 29.9. The van der Waals surface area contributed by atoms with Gasteiger partial charge < -0.3 is 30.5 Å². The second-order valence-corrected chi connectivity index (χ2v) is 17.2. The highest BCUT2D eigenvalue weighted by Crippen LogP contribution is 2.36. The number of nitrogens with two attached hydrogens (primary N) is 1. The number of hydrogen-bond donors (Lipinski definition) is 3. The zero-order valence-corrected chi connectivity index (χ0v) is 35.3. The summed E-state index contributed by atoms with van der Waals surface area (Å²) >= 11 is 0. The predicted molar refractivity (Wildman–Crippen MR) is 228 cm³/mol. The van der Waals surface area contributed by atoms with E-state index < -0.39 is 24.1 Å². The topological polar surface area (TPSA) is 189 Å². The third-order valence-electron chi connectivity index (χ3n) is 12.9. The fourth-order valence-electron chi connectivity index (χ4n) is 9.42. The Hall–Kier alpha value is -5.69. The molecule has 4 N–H and O–H groups in total. The number of carbonyl (C=O) groups is 4. The number of likely N-dealkylation sites (tertiary alicyclic amines) is 1. The number of methoxy groups -OCH3 is 1. The highest BCUT2D eigenvalue weighted by atomic mass is 19.3. The van der Waals surface area contributed by atoms with Crippen molar-refractivity contribution >= 4 is 46.6 Å². The average Bonchev–Trinajstić information content (AvgIpc) is 3.90. The van der Waals surface area contributed by atoms with Crippen molar-refractivity contribution in [3.8, 4) is 5.75 Å². The lowest BCUT2D eigenvalue weighted by molar-refractivity contribution is -0.120. The molecule has 62 heavy (non-hydrogen) atoms. The van der Waals surface area contributed by atoms with Gasteiger partial charge in [-0.2, -0.15) is 10.2 Å². The summed E-state index contributed by atoms with van der Waals surface area (Å²) in [6, 6.07) is 6.36. The highest BCUT2D eigenvalue weighted by Gasteiger charge is 2.31. The van der Waals surface area contributed by atoms with E-state index in [-0.39, 0.29) is 48.1 Å². The zero-order valence-electron chi connectivity index (χ0n) is 35.3. The van der Waals surface area contributed by atoms with E-state index in [1.165, 1.54) is 28.9 Å². The third kappa shape index (κ3) is 9.52. The van der Waals surface area contributed by atoms with Gasteiger partial charge in [-0.3, -0.25) is 29.3 Å². The molecule has 17 nitrogen and oxygen atoms in total. The lowest BCUT2D eigenvalue weighted by atomic mass is 9.85. The number of amides is 5. The molecular formula is C43H56F2N12O5. The van der Waals surface area contributed by atoms with Gasteiger partial charge in [0.25, 0.3) is 18.2 Å². The van der Waals surface area contributed by atoms with Crippen molar-refractivity contribution in [1.82, 2.24) is 39.5 Å². The Morgan fingerprint density at radius 2 is 1.82 bits per heavy atom. The number of ether oxygens (including phenoxy) is 1. The van der Waals surface area contributed by atoms with Crippen molar-refractivity contribution in [2.24, 2.45) is 17.6 Å². The van der Waals surface area contributed by atoms with E-state index in [4.69, 9.17) is 15.5 Å². The van der Waals surface area contributed by atoms with E-state index in [2.05, 4.69) is 37.7 Å². The summed E-state index contributed by atoms with van der Waals surface area (Å²) in [4.78, 5) is 63.7. The quantitative estimate of drug-likeness (QED) is 0.162. The normalized spacial score (nSPS) is 21.5. The summed E-state index contributed by atoms with van der Waals surface area (Å²) in [5, 5.41) is 13.5. The SMILES string of the molecule is COc1ccc(C(=O)N2CCC(CCN(C)CC3CCC(n4cc(NC(=O)c5cnn6ccc(N7CCC[C@H](N)C7)nc56)c(C(F)F)n4)CC3)CC2)cc1N1CCC(=O)NC1=O. The van der Waals surface area contributed by atoms with Crippen LogP contribution in [-0.4, -0.2) is 124 Å². The van der Waals surface area contributed by atoms with Crippen LogP contribution < -0.4 is 30.9 Å². The van der Waals surface area contributed by atoms with Crippen LogP contribution >= 0.6 is 0 Å². The van der Waals surface area contributed by atoms with Crippen LogP contribution in [0, 0.1) is 11.8 Å². The summed E-state index contributed by atoms with van der Waals surface area (Å²) in [6.45, 7) is 4.86. The number of imide groups is 1. The van der Waals surface area contributed by atoms with Crippen LogP contribution in [-0.2, 0) is 4.79 Å². The first kappa shape index (κ1) is 43.0. The minimum atomic E-state index is -2.87. The Kier molecular flexibility index (Phi) is 13.0. The van der Waals surface area contributed by atoms with E-state index >= 15 is 0 Å². The van der Waals surface area contributed by atoms with Crippen LogP contribution in [0.5, 0.6) is 5.75 Å². The van der Waals surface area contributed by atoms with Gasteiger partial charge in [0.1, 0.15) is 17.1 Å². The van der Waals surface area contributed by atoms with Gasteiger partial charge >= 0.3 is 6.03 Å². The lowest BCUT2D eigenvalue weighted by Gasteiger charge is -2.34. The van der Waals surface area contributed by atoms with Crippen molar-refractivity contribution in [2.45, 2.75) is 82.7 Å². The Morgan fingerprint density at radius 1 is 1.03 bits per heavy atom. The standard InChI is InChI=1S/C43H56F2N12O5/c1-52(17-11-27-12-18-53(19-13-27)42(60)29-7-10-35(62-2)34(22-29)55-20-15-37(58)50-43(55)61)24-28-5-8-31(9-6-28)57-26-33(38(51-57)39(44)45)48-41(59)32-23-47-56-21-14-36(49-40(32)56)54-16-3-4-30(46)25-54/h7,10,14,21-23,26-28,30-31,39H,3-6,8-9,11-13,15-20,24-25,46H2,1-2H3,(H,48,59)(H,50,58,61)/t28?,30-,31?/m0/s1. The molecule has 332 valence electrons. The average molecular weight is 859 g/mol. The Morgan fingerprint density at radius 3 is 2.55 bits per heavy atom. The maximum atomic E-state index is 14.3. The van der Waals surface area contributed by atoms with Gasteiger partial charge in [-0.25, -0.2) is 23.1 Å². The monoisotopic (exact) mass is 858 g/mol. The maximum absolute atomic E-state index is 14.3. The maximum Gasteiger partial charge on any atom is 0.328 e. The Bertz CT molecular complexity index is 2270. The van der Waals surface area contributed by atoms with Crippen LogP contribution in [0.3, 0.4) is 0 Å². The van der Waals surface area contributed by atoms with Crippen molar-refractivity contribution in [1.29, 1.82) is 0 Å². The Balaban J connectivity index is 0.794. The van der Waals surface area contributed by atoms with Gasteiger partial charge in [0, 0.05) is 69.7 Å². The highest BCUT2D eigenvalue weighted by molar-refractivity contribution is 6.08. The van der Waals surface area contributed by atoms with E-state index in [1.54, 1.807) is 29.1 Å². The lowest BCUT2D eigenvalue weighted by Crippen LogP contribution is -2.49. The molecule has 4 aliphatic rings. The molecule has 19 heteroatoms. The summed E-state index contributed by atoms with van der Waals surface area (Å²) < 4.78 is 37.1. The molecule has 6 heterocycles. The number of urea groups is 1. The molecule has 0 unspecified atom stereocenters. The molecule has 3 aromatic heterocycles. The van der Waals surface area contributed by atoms with Crippen molar-refractivity contribution in [2.75, 3.05) is 75.1 Å². The van der Waals surface area contributed by atoms with Gasteiger partial charge in [0.15, 0.2) is 11.3 Å². The zero-order chi connectivity index (χ0) is 43.5. The number of nitrogens with one attached hydrogen (secondary N) is 2. The number of piperidine rings is 2. The van der Waals surface area contributed by atoms with Gasteiger partial charge in [0.05, 0.1) is 30.7 Å². The minimum absolute atomic E-state index is 0.0163. The molecule has 1 saturated carbocycles. The number of carbonyl (C=O) groups excluding carboxylic acids is 4. The first-order valence-electron chi connectivity index (χ1n) is 21.7. The largest absolute Gasteiger partial charge is 0.495 e. The fourth-order valence-corrected chi connectivity index (χ4v) is 9.42. The van der Waals surface area contributed by atoms with E-state index in [0.29, 0.717) is 59.9 Å². The van der Waals surface area contributed by atoms with Crippen molar-refractivity contribution in [3.63, 3.8) is 0 Å². The number of fused-ring (bicyclic) bond motifs is 1. The minimum Gasteiger partial charge on any atom is -0.495 e. The number of halogens is 2. The van der Waals surface area contributed by atoms with Crippen LogP contribution in [0.2, 0.25) is 0 Å². The molecule has 1 aromatic carbocycles. The molecule has 0 radical (unpaired) electrons. The number of alkyl halides is 2. The number of hydrogen-bond acceptors (Lipinski definition) is 11. The molecule has 5 amide bonds. The second kappa shape index (κ2) is 18.7. The van der Waals surface area contributed by atoms with Gasteiger partial charge in [-0.15, -0.1) is 0 Å². The number of benzene rings is 1. The van der Waals surface area contributed by atoms with E-state index in [0.717, 1.165) is 77.4 Å². The molecule has 3 aliphatic heterocycles. The molecule has 0 spiro atoms. The van der Waals surface area contributed by atoms with E-state index in [1.807, 2.05) is 11.0 Å². The number of nitrogens with zero attached hydrogens (tertiary/aromatic N) is 9. The predicted octanol–water partition coefficient (Wildman–Crippen LogP) is 5.10. The molecule has 3 saturated heterocycles. The van der Waals surface area contributed by atoms with Crippen LogP contribution in [0.15, 0.2) is 42.9 Å². The van der Waals surface area contributed by atoms with Crippen LogP contribution in [0.1, 0.15) is 103 Å². The fraction of sp³-hybridized carbons (Fsp3) is 0.558. The third-order valence-corrected chi connectivity index (χ3v) is 12.9. The van der Waals surface area contributed by atoms with Crippen molar-refractivity contribution in [3.05, 3.63) is 59.7 Å². The number of rotatable bonds is 13. The van der Waals surface area contributed by atoms with Crippen LogP contribution in [0.4, 0.5) is 30.8 Å². The summed E-state index contributed by atoms with van der Waals surface area (Å²) in [5.41, 5.74) is 7.14. The molecule has 8 rings (SSSR count). The second-order valence-electron chi connectivity index (χ2n) is 17.2. The summed E-state index contributed by atoms with van der Waals surface area (Å²) in [7, 11) is 3.65. The molecule has 4 fully saturated rings. The Labute approximate surface area is 358 Å². The van der Waals surface area contributed by atoms with Gasteiger partial charge in [-0.1, -0.05) is 0 Å². The molecule has 4 aromatic rings. The number of aromatic nitrogens is 5. The van der Waals surface area contributed by atoms with Crippen molar-refractivity contribution < 1.29 is 32.7 Å². The summed E-state index contributed by atoms with van der Waals surface area (Å²) in [5.74, 6) is 1.10. The van der Waals surface area contributed by atoms with Gasteiger partial charge in [0.2, 0.25) is 5.91 Å². The first-order valence-corrected chi connectivity index (χ1v) is 21.7. The number of anilines is 3. The molecule has 1 atom stereocenters.